The SMILES string of the molecule is CCC(N)C(O)(O)N=O. The van der Waals surface area contributed by atoms with E-state index in [0.717, 1.165) is 0 Å². The number of nitrogens with zero attached hydrogens (tertiary/aromatic N) is 1. The minimum Gasteiger partial charge on any atom is -0.344 e. The highest BCUT2D eigenvalue weighted by Gasteiger charge is 2.31. The van der Waals surface area contributed by atoms with Crippen molar-refractivity contribution in [2.45, 2.75) is 25.3 Å². The van der Waals surface area contributed by atoms with E-state index < -0.39 is 12.0 Å². The zero-order valence-electron chi connectivity index (χ0n) is 5.11. The lowest BCUT2D eigenvalue weighted by atomic mass is 10.2. The molecule has 5 nitrogen and oxygen atoms in total. The van der Waals surface area contributed by atoms with E-state index in [9.17, 15) is 4.91 Å². The van der Waals surface area contributed by atoms with E-state index in [4.69, 9.17) is 15.9 Å². The first-order valence-corrected chi connectivity index (χ1v) is 2.59. The zero-order valence-corrected chi connectivity index (χ0v) is 5.11. The Morgan fingerprint density at radius 3 is 2.33 bits per heavy atom. The van der Waals surface area contributed by atoms with E-state index in [2.05, 4.69) is 0 Å². The van der Waals surface area contributed by atoms with Crippen LogP contribution in [0, 0.1) is 4.91 Å². The number of hydrogen-bond donors (Lipinski definition) is 3. The van der Waals surface area contributed by atoms with Gasteiger partial charge in [0.1, 0.15) is 0 Å². The average Bonchev–Trinajstić information content (AvgIpc) is 1.86. The molecule has 0 bridgehead atoms. The van der Waals surface area contributed by atoms with Crippen LogP contribution in [0.1, 0.15) is 13.3 Å². The Morgan fingerprint density at radius 2 is 2.22 bits per heavy atom. The molecule has 0 aliphatic carbocycles. The van der Waals surface area contributed by atoms with Crippen molar-refractivity contribution in [3.8, 4) is 0 Å². The van der Waals surface area contributed by atoms with Gasteiger partial charge in [0, 0.05) is 0 Å². The van der Waals surface area contributed by atoms with Crippen molar-refractivity contribution in [3.63, 3.8) is 0 Å². The van der Waals surface area contributed by atoms with Crippen molar-refractivity contribution in [1.29, 1.82) is 0 Å². The molecule has 0 heterocycles. The molecule has 0 aliphatic rings. The first-order chi connectivity index (χ1) is 4.04. The van der Waals surface area contributed by atoms with E-state index >= 15 is 0 Å². The van der Waals surface area contributed by atoms with Crippen LogP contribution in [0.25, 0.3) is 0 Å². The highest BCUT2D eigenvalue weighted by molar-refractivity contribution is 4.73. The van der Waals surface area contributed by atoms with Crippen LogP contribution in [0.4, 0.5) is 0 Å². The summed E-state index contributed by atoms with van der Waals surface area (Å²) in [5.41, 5.74) is 5.07. The van der Waals surface area contributed by atoms with Crippen LogP contribution < -0.4 is 5.73 Å². The summed E-state index contributed by atoms with van der Waals surface area (Å²) < 4.78 is 0. The molecular weight excluding hydrogens is 124 g/mol. The minimum absolute atomic E-state index is 0.290. The summed E-state index contributed by atoms with van der Waals surface area (Å²) in [6.07, 6.45) is 0.290. The summed E-state index contributed by atoms with van der Waals surface area (Å²) in [4.78, 5) is 9.60. The van der Waals surface area contributed by atoms with Gasteiger partial charge in [-0.2, -0.15) is 0 Å². The van der Waals surface area contributed by atoms with Gasteiger partial charge in [-0.3, -0.25) is 0 Å². The number of rotatable bonds is 3. The zero-order chi connectivity index (χ0) is 7.49. The van der Waals surface area contributed by atoms with Gasteiger partial charge in [0.15, 0.2) is 0 Å². The average molecular weight is 134 g/mol. The molecule has 0 radical (unpaired) electrons. The Hall–Kier alpha value is -0.520. The van der Waals surface area contributed by atoms with Crippen LogP contribution in [-0.4, -0.2) is 22.2 Å². The van der Waals surface area contributed by atoms with Gasteiger partial charge < -0.3 is 15.9 Å². The molecular formula is C4H10N2O3. The third-order valence-electron chi connectivity index (χ3n) is 1.07. The molecule has 1 unspecified atom stereocenters. The number of hydrogen-bond acceptors (Lipinski definition) is 5. The van der Waals surface area contributed by atoms with Crippen molar-refractivity contribution in [2.24, 2.45) is 10.9 Å². The molecule has 0 aromatic carbocycles. The Morgan fingerprint density at radius 1 is 1.78 bits per heavy atom. The van der Waals surface area contributed by atoms with E-state index in [1.165, 1.54) is 0 Å². The largest absolute Gasteiger partial charge is 0.344 e. The maximum atomic E-state index is 9.60. The van der Waals surface area contributed by atoms with Gasteiger partial charge >= 0.3 is 5.91 Å². The summed E-state index contributed by atoms with van der Waals surface area (Å²) in [5, 5.41) is 19.1. The van der Waals surface area contributed by atoms with Crippen molar-refractivity contribution < 1.29 is 10.2 Å². The summed E-state index contributed by atoms with van der Waals surface area (Å²) >= 11 is 0. The van der Waals surface area contributed by atoms with Crippen LogP contribution in [-0.2, 0) is 0 Å². The van der Waals surface area contributed by atoms with Crippen LogP contribution in [0.3, 0.4) is 0 Å². The van der Waals surface area contributed by atoms with Crippen molar-refractivity contribution in [2.75, 3.05) is 0 Å². The maximum Gasteiger partial charge on any atom is 0.318 e. The number of nitrogens with two attached hydrogens (primary N) is 1. The molecule has 0 aliphatic heterocycles. The quantitative estimate of drug-likeness (QED) is 0.345. The van der Waals surface area contributed by atoms with Gasteiger partial charge in [-0.05, 0) is 11.6 Å². The molecule has 0 saturated carbocycles. The summed E-state index contributed by atoms with van der Waals surface area (Å²) in [6.45, 7) is 1.62. The molecule has 5 heteroatoms. The fraction of sp³-hybridized carbons (Fsp3) is 1.00. The third kappa shape index (κ3) is 2.05. The second-order valence-electron chi connectivity index (χ2n) is 1.79. The lowest BCUT2D eigenvalue weighted by Gasteiger charge is -2.18. The smallest absolute Gasteiger partial charge is 0.318 e. The third-order valence-corrected chi connectivity index (χ3v) is 1.07. The van der Waals surface area contributed by atoms with E-state index in [-0.39, 0.29) is 0 Å². The Labute approximate surface area is 52.5 Å². The Balaban J connectivity index is 3.95. The lowest BCUT2D eigenvalue weighted by molar-refractivity contribution is -0.170. The summed E-state index contributed by atoms with van der Waals surface area (Å²) in [5.74, 6) is -2.60. The first-order valence-electron chi connectivity index (χ1n) is 2.59. The Kier molecular flexibility index (Phi) is 2.69. The highest BCUT2D eigenvalue weighted by atomic mass is 16.5. The summed E-state index contributed by atoms with van der Waals surface area (Å²) in [6, 6.07) is -1.00. The van der Waals surface area contributed by atoms with Crippen molar-refractivity contribution in [1.82, 2.24) is 0 Å². The molecule has 0 saturated heterocycles. The monoisotopic (exact) mass is 134 g/mol. The van der Waals surface area contributed by atoms with Gasteiger partial charge in [-0.25, -0.2) is 0 Å². The van der Waals surface area contributed by atoms with Crippen molar-refractivity contribution in [3.05, 3.63) is 4.91 Å². The second-order valence-corrected chi connectivity index (χ2v) is 1.79. The van der Waals surface area contributed by atoms with E-state index in [1.807, 2.05) is 5.18 Å². The fourth-order valence-corrected chi connectivity index (χ4v) is 0.342. The normalized spacial score (nSPS) is 15.1. The number of nitroso groups, excluding NO2 is 1. The van der Waals surface area contributed by atoms with Gasteiger partial charge in [-0.1, -0.05) is 6.92 Å². The van der Waals surface area contributed by atoms with Gasteiger partial charge in [0.2, 0.25) is 0 Å². The molecule has 1 atom stereocenters. The second kappa shape index (κ2) is 2.86. The maximum absolute atomic E-state index is 9.60. The van der Waals surface area contributed by atoms with E-state index in [0.29, 0.717) is 6.42 Å². The minimum atomic E-state index is -2.60. The predicted octanol–water partition coefficient (Wildman–Crippen LogP) is -0.871. The Bertz CT molecular complexity index is 104. The van der Waals surface area contributed by atoms with Crippen LogP contribution in [0.2, 0.25) is 0 Å². The molecule has 0 amide bonds. The van der Waals surface area contributed by atoms with Crippen molar-refractivity contribution >= 4 is 0 Å². The highest BCUT2D eigenvalue weighted by Crippen LogP contribution is 2.07. The van der Waals surface area contributed by atoms with Gasteiger partial charge in [-0.15, -0.1) is 4.91 Å². The number of aliphatic hydroxyl groups is 2. The molecule has 9 heavy (non-hydrogen) atoms. The molecule has 0 spiro atoms. The predicted molar refractivity (Wildman–Crippen MR) is 31.2 cm³/mol. The molecule has 0 fully saturated rings. The van der Waals surface area contributed by atoms with Gasteiger partial charge in [0.25, 0.3) is 0 Å². The molecule has 0 aromatic rings. The van der Waals surface area contributed by atoms with Crippen LogP contribution in [0.5, 0.6) is 0 Å². The first kappa shape index (κ1) is 8.48. The summed E-state index contributed by atoms with van der Waals surface area (Å²) in [7, 11) is 0. The molecule has 0 rings (SSSR count). The molecule has 0 aromatic heterocycles. The van der Waals surface area contributed by atoms with Crippen LogP contribution >= 0.6 is 0 Å². The van der Waals surface area contributed by atoms with Gasteiger partial charge in [0.05, 0.1) is 6.04 Å². The standard InChI is InChI=1S/C4H10N2O3/c1-2-3(5)4(7,8)6-9/h3,7-8H,2,5H2,1H3. The van der Waals surface area contributed by atoms with E-state index in [1.54, 1.807) is 6.92 Å². The topological polar surface area (TPSA) is 95.9 Å². The lowest BCUT2D eigenvalue weighted by Crippen LogP contribution is -2.45. The van der Waals surface area contributed by atoms with Crippen LogP contribution in [0.15, 0.2) is 5.18 Å². The molecule has 4 N–H and O–H groups in total. The fourth-order valence-electron chi connectivity index (χ4n) is 0.342. The molecule has 54 valence electrons.